The molecule has 3 nitrogen and oxygen atoms in total. The van der Waals surface area contributed by atoms with Crippen LogP contribution in [0.25, 0.3) is 0 Å². The fourth-order valence-corrected chi connectivity index (χ4v) is 1.33. The molecule has 0 atom stereocenters. The van der Waals surface area contributed by atoms with E-state index in [2.05, 4.69) is 0 Å². The fourth-order valence-electron chi connectivity index (χ4n) is 1.33. The summed E-state index contributed by atoms with van der Waals surface area (Å²) in [6.45, 7) is 3.41. The molecule has 0 heterocycles. The van der Waals surface area contributed by atoms with Crippen LogP contribution < -0.4 is 9.47 Å². The maximum Gasteiger partial charge on any atom is 0.163 e. The van der Waals surface area contributed by atoms with E-state index in [0.29, 0.717) is 17.1 Å². The van der Waals surface area contributed by atoms with Crippen molar-refractivity contribution in [3.8, 4) is 11.5 Å². The molecule has 0 aromatic heterocycles. The lowest BCUT2D eigenvalue weighted by Crippen LogP contribution is -1.99. The zero-order valence-electron chi connectivity index (χ0n) is 8.88. The Kier molecular flexibility index (Phi) is 3.12. The molecule has 0 radical (unpaired) electrons. The van der Waals surface area contributed by atoms with Gasteiger partial charge < -0.3 is 9.47 Å². The van der Waals surface area contributed by atoms with Crippen LogP contribution >= 0.6 is 0 Å². The van der Waals surface area contributed by atoms with Crippen molar-refractivity contribution in [3.63, 3.8) is 0 Å². The van der Waals surface area contributed by atoms with Gasteiger partial charge in [-0.25, -0.2) is 0 Å². The Hall–Kier alpha value is -1.51. The summed E-state index contributed by atoms with van der Waals surface area (Å²) in [6.07, 6.45) is 0. The number of ketones is 1. The van der Waals surface area contributed by atoms with Crippen LogP contribution in [0.4, 0.5) is 0 Å². The van der Waals surface area contributed by atoms with Gasteiger partial charge in [0.1, 0.15) is 11.5 Å². The zero-order chi connectivity index (χ0) is 10.7. The number of Topliss-reactive ketones (excluding diaryl/α,β-unsaturated/α-hetero) is 1. The predicted molar refractivity (Wildman–Crippen MR) is 54.3 cm³/mol. The molecule has 0 bridgehead atoms. The summed E-state index contributed by atoms with van der Waals surface area (Å²) in [7, 11) is 3.13. The third-order valence-electron chi connectivity index (χ3n) is 2.10. The molecule has 1 aromatic carbocycles. The first-order valence-electron chi connectivity index (χ1n) is 4.33. The second-order valence-corrected chi connectivity index (χ2v) is 3.08. The first-order valence-corrected chi connectivity index (χ1v) is 4.33. The molecule has 14 heavy (non-hydrogen) atoms. The van der Waals surface area contributed by atoms with Crippen molar-refractivity contribution in [2.24, 2.45) is 0 Å². The van der Waals surface area contributed by atoms with Gasteiger partial charge in [-0.1, -0.05) is 0 Å². The minimum atomic E-state index is -0.0276. The average molecular weight is 194 g/mol. The molecule has 0 unspecified atom stereocenters. The van der Waals surface area contributed by atoms with Crippen LogP contribution in [-0.4, -0.2) is 20.0 Å². The molecule has 0 spiro atoms. The lowest BCUT2D eigenvalue weighted by molar-refractivity contribution is 0.101. The van der Waals surface area contributed by atoms with Gasteiger partial charge in [0.2, 0.25) is 0 Å². The van der Waals surface area contributed by atoms with E-state index in [9.17, 15) is 4.79 Å². The maximum absolute atomic E-state index is 11.3. The number of hydrogen-bond donors (Lipinski definition) is 0. The van der Waals surface area contributed by atoms with Crippen molar-refractivity contribution in [1.82, 2.24) is 0 Å². The van der Waals surface area contributed by atoms with Crippen molar-refractivity contribution >= 4 is 5.78 Å². The largest absolute Gasteiger partial charge is 0.496 e. The van der Waals surface area contributed by atoms with E-state index in [1.807, 2.05) is 6.92 Å². The van der Waals surface area contributed by atoms with Gasteiger partial charge in [0, 0.05) is 0 Å². The Morgan fingerprint density at radius 3 is 2.14 bits per heavy atom. The van der Waals surface area contributed by atoms with Gasteiger partial charge in [-0.3, -0.25) is 4.79 Å². The Bertz CT molecular complexity index is 356. The summed E-state index contributed by atoms with van der Waals surface area (Å²) in [5.41, 5.74) is 1.50. The number of aryl methyl sites for hydroxylation is 1. The highest BCUT2D eigenvalue weighted by Gasteiger charge is 2.11. The lowest BCUT2D eigenvalue weighted by Gasteiger charge is -2.10. The van der Waals surface area contributed by atoms with Gasteiger partial charge in [0.25, 0.3) is 0 Å². The van der Waals surface area contributed by atoms with E-state index < -0.39 is 0 Å². The van der Waals surface area contributed by atoms with Crippen LogP contribution in [0.1, 0.15) is 22.8 Å². The number of methoxy groups -OCH3 is 2. The number of rotatable bonds is 3. The van der Waals surface area contributed by atoms with Gasteiger partial charge in [-0.05, 0) is 31.5 Å². The summed E-state index contributed by atoms with van der Waals surface area (Å²) in [5.74, 6) is 1.27. The standard InChI is InChI=1S/C11H14O3/c1-7-5-11(14-4)9(8(2)12)6-10(7)13-3/h5-6H,1-4H3. The van der Waals surface area contributed by atoms with Crippen molar-refractivity contribution in [1.29, 1.82) is 0 Å². The number of carbonyl (C=O) groups is 1. The Balaban J connectivity index is 3.32. The first kappa shape index (κ1) is 10.6. The normalized spacial score (nSPS) is 9.71. The molecule has 1 aromatic rings. The average Bonchev–Trinajstić information content (AvgIpc) is 2.16. The molecule has 0 aliphatic carbocycles. The number of ether oxygens (including phenoxy) is 2. The molecule has 0 fully saturated rings. The molecule has 0 aliphatic rings. The molecule has 1 rings (SSSR count). The van der Waals surface area contributed by atoms with E-state index in [0.717, 1.165) is 5.56 Å². The molecule has 0 N–H and O–H groups in total. The summed E-state index contributed by atoms with van der Waals surface area (Å²) in [5, 5.41) is 0. The number of carbonyl (C=O) groups excluding carboxylic acids is 1. The Labute approximate surface area is 83.6 Å². The molecule has 0 amide bonds. The van der Waals surface area contributed by atoms with Crippen LogP contribution in [-0.2, 0) is 0 Å². The Morgan fingerprint density at radius 2 is 1.71 bits per heavy atom. The third-order valence-corrected chi connectivity index (χ3v) is 2.10. The lowest BCUT2D eigenvalue weighted by atomic mass is 10.1. The van der Waals surface area contributed by atoms with Crippen molar-refractivity contribution in [3.05, 3.63) is 23.3 Å². The molecular weight excluding hydrogens is 180 g/mol. The summed E-state index contributed by atoms with van der Waals surface area (Å²) in [4.78, 5) is 11.3. The number of benzene rings is 1. The monoisotopic (exact) mass is 194 g/mol. The smallest absolute Gasteiger partial charge is 0.163 e. The zero-order valence-corrected chi connectivity index (χ0v) is 8.88. The highest BCUT2D eigenvalue weighted by Crippen LogP contribution is 2.28. The van der Waals surface area contributed by atoms with Crippen molar-refractivity contribution in [2.45, 2.75) is 13.8 Å². The van der Waals surface area contributed by atoms with Crippen LogP contribution in [0, 0.1) is 6.92 Å². The molecule has 0 saturated heterocycles. The third kappa shape index (κ3) is 1.87. The van der Waals surface area contributed by atoms with Gasteiger partial charge >= 0.3 is 0 Å². The second-order valence-electron chi connectivity index (χ2n) is 3.08. The van der Waals surface area contributed by atoms with Crippen LogP contribution in [0.15, 0.2) is 12.1 Å². The molecule has 0 saturated carbocycles. The minimum Gasteiger partial charge on any atom is -0.496 e. The number of hydrogen-bond acceptors (Lipinski definition) is 3. The van der Waals surface area contributed by atoms with Crippen LogP contribution in [0.2, 0.25) is 0 Å². The van der Waals surface area contributed by atoms with E-state index in [1.54, 1.807) is 26.4 Å². The molecule has 3 heteroatoms. The maximum atomic E-state index is 11.3. The van der Waals surface area contributed by atoms with Gasteiger partial charge in [-0.15, -0.1) is 0 Å². The first-order chi connectivity index (χ1) is 6.60. The Morgan fingerprint density at radius 1 is 1.14 bits per heavy atom. The van der Waals surface area contributed by atoms with Gasteiger partial charge in [0.15, 0.2) is 5.78 Å². The minimum absolute atomic E-state index is 0.0276. The predicted octanol–water partition coefficient (Wildman–Crippen LogP) is 2.21. The van der Waals surface area contributed by atoms with E-state index in [1.165, 1.54) is 6.92 Å². The highest BCUT2D eigenvalue weighted by molar-refractivity contribution is 5.97. The SMILES string of the molecule is COc1cc(C(C)=O)c(OC)cc1C. The van der Waals surface area contributed by atoms with Crippen LogP contribution in [0.5, 0.6) is 11.5 Å². The second kappa shape index (κ2) is 4.13. The van der Waals surface area contributed by atoms with Gasteiger partial charge in [0.05, 0.1) is 19.8 Å². The molecule has 76 valence electrons. The van der Waals surface area contributed by atoms with Gasteiger partial charge in [-0.2, -0.15) is 0 Å². The van der Waals surface area contributed by atoms with E-state index in [-0.39, 0.29) is 5.78 Å². The highest BCUT2D eigenvalue weighted by atomic mass is 16.5. The van der Waals surface area contributed by atoms with Crippen LogP contribution in [0.3, 0.4) is 0 Å². The molecule has 0 aliphatic heterocycles. The summed E-state index contributed by atoms with van der Waals surface area (Å²) >= 11 is 0. The molecular formula is C11H14O3. The van der Waals surface area contributed by atoms with Crippen molar-refractivity contribution < 1.29 is 14.3 Å². The van der Waals surface area contributed by atoms with E-state index >= 15 is 0 Å². The van der Waals surface area contributed by atoms with Crippen molar-refractivity contribution in [2.75, 3.05) is 14.2 Å². The fraction of sp³-hybridized carbons (Fsp3) is 0.364. The summed E-state index contributed by atoms with van der Waals surface area (Å²) < 4.78 is 10.2. The summed E-state index contributed by atoms with van der Waals surface area (Å²) in [6, 6.07) is 3.51. The van der Waals surface area contributed by atoms with E-state index in [4.69, 9.17) is 9.47 Å². The quantitative estimate of drug-likeness (QED) is 0.692. The topological polar surface area (TPSA) is 35.5 Å².